The third-order valence-corrected chi connectivity index (χ3v) is 2.99. The number of carbonyl (C=O) groups is 1. The number of amides is 1. The van der Waals surface area contributed by atoms with E-state index in [9.17, 15) is 4.79 Å². The van der Waals surface area contributed by atoms with Gasteiger partial charge in [-0.15, -0.1) is 17.0 Å². The van der Waals surface area contributed by atoms with Crippen LogP contribution in [0.5, 0.6) is 0 Å². The maximum Gasteiger partial charge on any atom is 0.251 e. The van der Waals surface area contributed by atoms with Crippen LogP contribution in [0.2, 0.25) is 0 Å². The molecule has 5 nitrogen and oxygen atoms in total. The molecule has 0 saturated carbocycles. The first-order valence-electron chi connectivity index (χ1n) is 6.73. The van der Waals surface area contributed by atoms with E-state index >= 15 is 0 Å². The highest BCUT2D eigenvalue weighted by Crippen LogP contribution is 2.10. The topological polar surface area (TPSA) is 65.5 Å². The van der Waals surface area contributed by atoms with Gasteiger partial charge in [-0.1, -0.05) is 15.9 Å². The summed E-state index contributed by atoms with van der Waals surface area (Å²) in [6.07, 6.45) is 0. The van der Waals surface area contributed by atoms with Gasteiger partial charge in [0, 0.05) is 29.7 Å². The molecule has 21 heavy (non-hydrogen) atoms. The molecular formula is C14H22Br2N4O. The number of aliphatic imine (C=N–C) groups is 1. The van der Waals surface area contributed by atoms with Crippen molar-refractivity contribution in [1.29, 1.82) is 0 Å². The molecule has 0 aliphatic rings. The van der Waals surface area contributed by atoms with Gasteiger partial charge in [0.05, 0.1) is 6.54 Å². The molecular weight excluding hydrogens is 400 g/mol. The Morgan fingerprint density at radius 2 is 1.67 bits per heavy atom. The van der Waals surface area contributed by atoms with Gasteiger partial charge in [0.1, 0.15) is 0 Å². The summed E-state index contributed by atoms with van der Waals surface area (Å²) >= 11 is 3.34. The number of rotatable bonds is 6. The van der Waals surface area contributed by atoms with E-state index in [-0.39, 0.29) is 22.9 Å². The monoisotopic (exact) mass is 420 g/mol. The van der Waals surface area contributed by atoms with Crippen molar-refractivity contribution in [2.75, 3.05) is 26.2 Å². The quantitative estimate of drug-likeness (QED) is 0.375. The van der Waals surface area contributed by atoms with Crippen molar-refractivity contribution in [3.05, 3.63) is 34.3 Å². The Morgan fingerprint density at radius 3 is 2.19 bits per heavy atom. The largest absolute Gasteiger partial charge is 0.357 e. The second-order valence-corrected chi connectivity index (χ2v) is 4.97. The molecule has 0 aliphatic heterocycles. The number of nitrogens with one attached hydrogen (secondary N) is 3. The molecule has 0 atom stereocenters. The maximum absolute atomic E-state index is 11.8. The number of benzene rings is 1. The van der Waals surface area contributed by atoms with Crippen LogP contribution in [-0.4, -0.2) is 38.0 Å². The van der Waals surface area contributed by atoms with E-state index in [1.807, 2.05) is 26.0 Å². The lowest BCUT2D eigenvalue weighted by Crippen LogP contribution is -2.37. The first-order valence-corrected chi connectivity index (χ1v) is 7.52. The van der Waals surface area contributed by atoms with Gasteiger partial charge >= 0.3 is 0 Å². The van der Waals surface area contributed by atoms with Crippen molar-refractivity contribution in [3.8, 4) is 0 Å². The summed E-state index contributed by atoms with van der Waals surface area (Å²) in [5.41, 5.74) is 0.649. The van der Waals surface area contributed by atoms with E-state index < -0.39 is 0 Å². The van der Waals surface area contributed by atoms with Gasteiger partial charge in [0.2, 0.25) is 0 Å². The fourth-order valence-corrected chi connectivity index (χ4v) is 1.81. The smallest absolute Gasteiger partial charge is 0.251 e. The third kappa shape index (κ3) is 8.06. The second kappa shape index (κ2) is 11.6. The summed E-state index contributed by atoms with van der Waals surface area (Å²) in [6.45, 7) is 6.71. The molecule has 0 radical (unpaired) electrons. The molecule has 0 fully saturated rings. The average molecular weight is 422 g/mol. The average Bonchev–Trinajstić information content (AvgIpc) is 2.44. The van der Waals surface area contributed by atoms with Gasteiger partial charge in [0.15, 0.2) is 5.96 Å². The third-order valence-electron chi connectivity index (χ3n) is 2.46. The van der Waals surface area contributed by atoms with Crippen molar-refractivity contribution in [2.24, 2.45) is 4.99 Å². The summed E-state index contributed by atoms with van der Waals surface area (Å²) in [4.78, 5) is 16.2. The Balaban J connectivity index is 0.00000400. The molecule has 0 heterocycles. The van der Waals surface area contributed by atoms with Gasteiger partial charge in [-0.3, -0.25) is 9.79 Å². The maximum atomic E-state index is 11.8. The molecule has 1 rings (SSSR count). The zero-order valence-corrected chi connectivity index (χ0v) is 15.6. The van der Waals surface area contributed by atoms with Gasteiger partial charge in [0.25, 0.3) is 5.91 Å². The van der Waals surface area contributed by atoms with Crippen molar-refractivity contribution < 1.29 is 4.79 Å². The Bertz CT molecular complexity index is 441. The Hall–Kier alpha value is -1.08. The van der Waals surface area contributed by atoms with Crippen molar-refractivity contribution in [2.45, 2.75) is 13.8 Å². The molecule has 0 spiro atoms. The number of guanidine groups is 1. The molecule has 7 heteroatoms. The molecule has 1 aromatic rings. The SMILES string of the molecule is Br.CCNC(=NCCNC(=O)c1ccc(Br)cc1)NCC. The Morgan fingerprint density at radius 1 is 1.10 bits per heavy atom. The minimum atomic E-state index is -0.0823. The molecule has 0 aliphatic carbocycles. The molecule has 0 unspecified atom stereocenters. The minimum Gasteiger partial charge on any atom is -0.357 e. The fourth-order valence-electron chi connectivity index (χ4n) is 1.55. The summed E-state index contributed by atoms with van der Waals surface area (Å²) < 4.78 is 0.958. The van der Waals surface area contributed by atoms with Crippen LogP contribution < -0.4 is 16.0 Å². The van der Waals surface area contributed by atoms with Gasteiger partial charge in [-0.25, -0.2) is 0 Å². The van der Waals surface area contributed by atoms with E-state index in [2.05, 4.69) is 36.9 Å². The van der Waals surface area contributed by atoms with Gasteiger partial charge < -0.3 is 16.0 Å². The number of hydrogen-bond donors (Lipinski definition) is 3. The molecule has 118 valence electrons. The summed E-state index contributed by atoms with van der Waals surface area (Å²) in [5, 5.41) is 9.10. The number of nitrogens with zero attached hydrogens (tertiary/aromatic N) is 1. The zero-order chi connectivity index (χ0) is 14.8. The van der Waals surface area contributed by atoms with Crippen LogP contribution in [0, 0.1) is 0 Å². The highest BCUT2D eigenvalue weighted by Gasteiger charge is 2.03. The lowest BCUT2D eigenvalue weighted by atomic mass is 10.2. The van der Waals surface area contributed by atoms with E-state index in [1.54, 1.807) is 12.1 Å². The lowest BCUT2D eigenvalue weighted by Gasteiger charge is -2.09. The van der Waals surface area contributed by atoms with E-state index in [4.69, 9.17) is 0 Å². The van der Waals surface area contributed by atoms with E-state index in [1.165, 1.54) is 0 Å². The molecule has 3 N–H and O–H groups in total. The predicted molar refractivity (Wildman–Crippen MR) is 96.5 cm³/mol. The summed E-state index contributed by atoms with van der Waals surface area (Å²) in [5.74, 6) is 0.689. The van der Waals surface area contributed by atoms with Crippen molar-refractivity contribution >= 4 is 44.8 Å². The molecule has 1 amide bonds. The molecule has 0 bridgehead atoms. The minimum absolute atomic E-state index is 0. The number of carbonyl (C=O) groups excluding carboxylic acids is 1. The van der Waals surface area contributed by atoms with E-state index in [0.717, 1.165) is 23.5 Å². The highest BCUT2D eigenvalue weighted by molar-refractivity contribution is 9.10. The standard InChI is InChI=1S/C14H21BrN4O.BrH/c1-3-16-14(17-4-2)19-10-9-18-13(20)11-5-7-12(15)8-6-11;/h5-8H,3-4,9-10H2,1-2H3,(H,18,20)(H2,16,17,19);1H. The molecule has 1 aromatic carbocycles. The van der Waals surface area contributed by atoms with Crippen LogP contribution in [0.3, 0.4) is 0 Å². The van der Waals surface area contributed by atoms with Crippen molar-refractivity contribution in [3.63, 3.8) is 0 Å². The Labute approximate surface area is 144 Å². The van der Waals surface area contributed by atoms with Crippen LogP contribution >= 0.6 is 32.9 Å². The van der Waals surface area contributed by atoms with E-state index in [0.29, 0.717) is 18.7 Å². The highest BCUT2D eigenvalue weighted by atomic mass is 79.9. The second-order valence-electron chi connectivity index (χ2n) is 4.05. The van der Waals surface area contributed by atoms with Crippen molar-refractivity contribution in [1.82, 2.24) is 16.0 Å². The normalized spacial score (nSPS) is 9.29. The summed E-state index contributed by atoms with van der Waals surface area (Å²) in [6, 6.07) is 7.26. The number of halogens is 2. The van der Waals surface area contributed by atoms with Gasteiger partial charge in [-0.05, 0) is 38.1 Å². The lowest BCUT2D eigenvalue weighted by molar-refractivity contribution is 0.0955. The van der Waals surface area contributed by atoms with Crippen LogP contribution in [0.25, 0.3) is 0 Å². The van der Waals surface area contributed by atoms with Gasteiger partial charge in [-0.2, -0.15) is 0 Å². The predicted octanol–water partition coefficient (Wildman–Crippen LogP) is 2.33. The zero-order valence-electron chi connectivity index (χ0n) is 12.3. The van der Waals surface area contributed by atoms with Crippen LogP contribution in [0.1, 0.15) is 24.2 Å². The van der Waals surface area contributed by atoms with Crippen LogP contribution in [0.15, 0.2) is 33.7 Å². The first kappa shape index (κ1) is 19.9. The summed E-state index contributed by atoms with van der Waals surface area (Å²) in [7, 11) is 0. The molecule has 0 saturated heterocycles. The van der Waals surface area contributed by atoms with Crippen LogP contribution in [-0.2, 0) is 0 Å². The Kier molecular flexibility index (Phi) is 11.0. The first-order chi connectivity index (χ1) is 9.67. The molecule has 0 aromatic heterocycles. The van der Waals surface area contributed by atoms with Crippen LogP contribution in [0.4, 0.5) is 0 Å². The fraction of sp³-hybridized carbons (Fsp3) is 0.429. The number of hydrogen-bond acceptors (Lipinski definition) is 2.